The molecule has 0 amide bonds. The molecule has 0 heterocycles. The third kappa shape index (κ3) is 10.7. The summed E-state index contributed by atoms with van der Waals surface area (Å²) in [4.78, 5) is 18.5. The van der Waals surface area contributed by atoms with Crippen LogP contribution >= 0.6 is 0 Å². The van der Waals surface area contributed by atoms with Gasteiger partial charge >= 0.3 is 0 Å². The Morgan fingerprint density at radius 3 is 1.43 bits per heavy atom. The standard InChI is InChI=1S/C4H4O2.Y/c5-3-1-2-4-6;/h1-2H2;/q-2;. The number of hydrogen-bond donors (Lipinski definition) is 0. The fraction of sp³-hybridized carbons (Fsp3) is 0.500. The molecule has 0 aromatic carbocycles. The number of rotatable bonds is 3. The molecule has 0 rings (SSSR count). The van der Waals surface area contributed by atoms with E-state index in [1.165, 1.54) is 0 Å². The summed E-state index contributed by atoms with van der Waals surface area (Å²) >= 11 is 0. The third-order valence-corrected chi connectivity index (χ3v) is 0.329. The molecule has 0 fully saturated rings. The topological polar surface area (TPSA) is 34.1 Å². The molecule has 0 atom stereocenters. The van der Waals surface area contributed by atoms with Crippen LogP contribution in [0.2, 0.25) is 0 Å². The van der Waals surface area contributed by atoms with E-state index in [2.05, 4.69) is 0 Å². The van der Waals surface area contributed by atoms with Crippen LogP contribution in [0.25, 0.3) is 0 Å². The molecule has 0 N–H and O–H groups in total. The molecule has 0 saturated carbocycles. The minimum atomic E-state index is 0. The van der Waals surface area contributed by atoms with Gasteiger partial charge < -0.3 is 9.59 Å². The average Bonchev–Trinajstić information content (AvgIpc) is 1.61. The van der Waals surface area contributed by atoms with Gasteiger partial charge in [-0.25, -0.2) is 0 Å². The summed E-state index contributed by atoms with van der Waals surface area (Å²) in [6.45, 7) is 0. The van der Waals surface area contributed by atoms with Crippen LogP contribution in [0.5, 0.6) is 0 Å². The van der Waals surface area contributed by atoms with Crippen LogP contribution in [0.4, 0.5) is 0 Å². The Morgan fingerprint density at radius 2 is 1.29 bits per heavy atom. The summed E-state index contributed by atoms with van der Waals surface area (Å²) in [6, 6.07) is 0. The maximum absolute atomic E-state index is 9.26. The zero-order chi connectivity index (χ0) is 4.83. The van der Waals surface area contributed by atoms with Gasteiger partial charge in [-0.05, 0) is 0 Å². The van der Waals surface area contributed by atoms with Crippen molar-refractivity contribution >= 4 is 12.6 Å². The zero-order valence-corrected chi connectivity index (χ0v) is 6.65. The maximum atomic E-state index is 9.26. The third-order valence-electron chi connectivity index (χ3n) is 0.329. The first-order chi connectivity index (χ1) is 2.91. The largest absolute Gasteiger partial charge is 0.542 e. The summed E-state index contributed by atoms with van der Waals surface area (Å²) in [5, 5.41) is 0. The van der Waals surface area contributed by atoms with Crippen LogP contribution in [0.3, 0.4) is 0 Å². The molecule has 3 heteroatoms. The van der Waals surface area contributed by atoms with E-state index in [1.807, 2.05) is 0 Å². The molecular weight excluding hydrogens is 169 g/mol. The van der Waals surface area contributed by atoms with E-state index in [1.54, 1.807) is 12.6 Å². The second-order valence-electron chi connectivity index (χ2n) is 0.789. The number of carbonyl (C=O) groups excluding carboxylic acids is 2. The molecule has 0 aromatic rings. The minimum Gasteiger partial charge on any atom is -0.542 e. The summed E-state index contributed by atoms with van der Waals surface area (Å²) in [7, 11) is 0. The monoisotopic (exact) mass is 173 g/mol. The molecule has 37 valence electrons. The van der Waals surface area contributed by atoms with Crippen LogP contribution in [0, 0.1) is 0 Å². The number of hydrogen-bond acceptors (Lipinski definition) is 2. The molecule has 2 nitrogen and oxygen atoms in total. The Labute approximate surface area is 67.5 Å². The van der Waals surface area contributed by atoms with Gasteiger partial charge in [0.25, 0.3) is 0 Å². The van der Waals surface area contributed by atoms with Crippen molar-refractivity contribution in [3.8, 4) is 0 Å². The van der Waals surface area contributed by atoms with E-state index < -0.39 is 0 Å². The van der Waals surface area contributed by atoms with Crippen molar-refractivity contribution in [3.05, 3.63) is 0 Å². The van der Waals surface area contributed by atoms with E-state index >= 15 is 0 Å². The molecule has 0 aliphatic heterocycles. The van der Waals surface area contributed by atoms with Gasteiger partial charge in [0, 0.05) is 32.7 Å². The van der Waals surface area contributed by atoms with Crippen molar-refractivity contribution in [2.75, 3.05) is 0 Å². The summed E-state index contributed by atoms with van der Waals surface area (Å²) in [5.41, 5.74) is 0. The summed E-state index contributed by atoms with van der Waals surface area (Å²) < 4.78 is 0. The quantitative estimate of drug-likeness (QED) is 0.444. The second-order valence-corrected chi connectivity index (χ2v) is 0.789. The van der Waals surface area contributed by atoms with Gasteiger partial charge in [0.15, 0.2) is 0 Å². The van der Waals surface area contributed by atoms with Gasteiger partial charge in [0.2, 0.25) is 0 Å². The van der Waals surface area contributed by atoms with Crippen molar-refractivity contribution in [2.45, 2.75) is 12.8 Å². The Hall–Kier alpha value is 0.444. The van der Waals surface area contributed by atoms with Gasteiger partial charge in [0.1, 0.15) is 0 Å². The van der Waals surface area contributed by atoms with Gasteiger partial charge in [0.05, 0.1) is 0 Å². The molecule has 0 aliphatic carbocycles. The Morgan fingerprint density at radius 1 is 1.00 bits per heavy atom. The average molecular weight is 173 g/mol. The molecule has 1 radical (unpaired) electrons. The van der Waals surface area contributed by atoms with Crippen LogP contribution in [0.15, 0.2) is 0 Å². The van der Waals surface area contributed by atoms with E-state index in [9.17, 15) is 9.59 Å². The van der Waals surface area contributed by atoms with Crippen molar-refractivity contribution in [2.24, 2.45) is 0 Å². The van der Waals surface area contributed by atoms with E-state index in [0.717, 1.165) is 0 Å². The predicted octanol–water partition coefficient (Wildman–Crippen LogP) is -0.0165. The first-order valence-electron chi connectivity index (χ1n) is 1.62. The van der Waals surface area contributed by atoms with Crippen LogP contribution in [-0.4, -0.2) is 12.6 Å². The summed E-state index contributed by atoms with van der Waals surface area (Å²) in [5.74, 6) is 0. The molecule has 0 aromatic heterocycles. The van der Waals surface area contributed by atoms with Crippen LogP contribution < -0.4 is 0 Å². The Balaban J connectivity index is 0. The molecule has 0 saturated heterocycles. The van der Waals surface area contributed by atoms with Gasteiger partial charge in [-0.1, -0.05) is 0 Å². The minimum absolute atomic E-state index is 0. The normalized spacial score (nSPS) is 6.29. The van der Waals surface area contributed by atoms with Gasteiger partial charge in [-0.15, -0.1) is 0 Å². The smallest absolute Gasteiger partial charge is 0 e. The summed E-state index contributed by atoms with van der Waals surface area (Å²) in [6.07, 6.45) is 3.48. The second kappa shape index (κ2) is 9.67. The molecule has 7 heavy (non-hydrogen) atoms. The van der Waals surface area contributed by atoms with Crippen molar-refractivity contribution < 1.29 is 42.3 Å². The first kappa shape index (κ1) is 10.4. The fourth-order valence-electron chi connectivity index (χ4n) is 0.102. The molecule has 0 unspecified atom stereocenters. The molecular formula is C4H4O2Y-2. The molecule has 0 aliphatic rings. The molecule has 0 bridgehead atoms. The zero-order valence-electron chi connectivity index (χ0n) is 3.81. The van der Waals surface area contributed by atoms with E-state index in [4.69, 9.17) is 0 Å². The van der Waals surface area contributed by atoms with E-state index in [0.29, 0.717) is 0 Å². The maximum Gasteiger partial charge on any atom is 0 e. The fourth-order valence-corrected chi connectivity index (χ4v) is 0.102. The van der Waals surface area contributed by atoms with Gasteiger partial charge in [-0.2, -0.15) is 12.8 Å². The van der Waals surface area contributed by atoms with Crippen molar-refractivity contribution in [3.63, 3.8) is 0 Å². The Kier molecular flexibility index (Phi) is 14.4. The SMILES string of the molecule is O=[C-]CC[C-]=O.[Y]. The number of unbranched alkanes of at least 4 members (excludes halogenated alkanes) is 1. The van der Waals surface area contributed by atoms with Crippen molar-refractivity contribution in [1.29, 1.82) is 0 Å². The van der Waals surface area contributed by atoms with Crippen LogP contribution in [0.1, 0.15) is 12.8 Å². The van der Waals surface area contributed by atoms with Crippen molar-refractivity contribution in [1.82, 2.24) is 0 Å². The predicted molar refractivity (Wildman–Crippen MR) is 20.6 cm³/mol. The van der Waals surface area contributed by atoms with Gasteiger partial charge in [-0.3, -0.25) is 12.6 Å². The van der Waals surface area contributed by atoms with Crippen LogP contribution in [-0.2, 0) is 42.3 Å². The van der Waals surface area contributed by atoms with E-state index in [-0.39, 0.29) is 45.6 Å². The first-order valence-corrected chi connectivity index (χ1v) is 1.62. The molecule has 0 spiro atoms. The Bertz CT molecular complexity index is 45.7.